The molecule has 1 aliphatic carbocycles. The molecule has 1 aliphatic heterocycles. The molecule has 1 N–H and O–H groups in total. The van der Waals surface area contributed by atoms with Crippen molar-refractivity contribution < 1.29 is 19.4 Å². The first-order chi connectivity index (χ1) is 11.1. The summed E-state index contributed by atoms with van der Waals surface area (Å²) in [7, 11) is 0. The van der Waals surface area contributed by atoms with Gasteiger partial charge in [-0.15, -0.1) is 11.3 Å². The van der Waals surface area contributed by atoms with Crippen LogP contribution in [-0.4, -0.2) is 47.7 Å². The lowest BCUT2D eigenvalue weighted by Gasteiger charge is -2.34. The Bertz CT molecular complexity index is 579. The molecule has 3 rings (SSSR count). The predicted molar refractivity (Wildman–Crippen MR) is 87.7 cm³/mol. The fraction of sp³-hybridized carbons (Fsp3) is 0.647. The van der Waals surface area contributed by atoms with E-state index < -0.39 is 5.97 Å². The Hall–Kier alpha value is -1.40. The van der Waals surface area contributed by atoms with Crippen LogP contribution in [0.4, 0.5) is 0 Å². The minimum Gasteiger partial charge on any atom is -0.481 e. The summed E-state index contributed by atoms with van der Waals surface area (Å²) in [6, 6.07) is 2.22. The van der Waals surface area contributed by atoms with Crippen molar-refractivity contribution in [2.45, 2.75) is 44.6 Å². The number of ether oxygens (including phenoxy) is 1. The van der Waals surface area contributed by atoms with E-state index >= 15 is 0 Å². The van der Waals surface area contributed by atoms with Gasteiger partial charge in [0.25, 0.3) is 0 Å². The van der Waals surface area contributed by atoms with E-state index in [-0.39, 0.29) is 24.3 Å². The van der Waals surface area contributed by atoms with Gasteiger partial charge in [-0.1, -0.05) is 0 Å². The summed E-state index contributed by atoms with van der Waals surface area (Å²) in [5.41, 5.74) is 1.26. The number of hydrogen-bond acceptors (Lipinski definition) is 4. The lowest BCUT2D eigenvalue weighted by atomic mass is 10.1. The zero-order valence-corrected chi connectivity index (χ0v) is 14.2. The molecule has 2 fully saturated rings. The van der Waals surface area contributed by atoms with Gasteiger partial charge in [-0.05, 0) is 43.2 Å². The molecule has 2 aliphatic rings. The van der Waals surface area contributed by atoms with Crippen LogP contribution in [0.1, 0.15) is 42.0 Å². The van der Waals surface area contributed by atoms with Gasteiger partial charge in [0.05, 0.1) is 6.42 Å². The molecule has 0 radical (unpaired) electrons. The molecule has 1 saturated heterocycles. The molecule has 6 heteroatoms. The molecule has 1 aromatic heterocycles. The average Bonchev–Trinajstić information content (AvgIpc) is 3.22. The number of hydrogen-bond donors (Lipinski definition) is 1. The number of amides is 1. The van der Waals surface area contributed by atoms with Crippen LogP contribution in [0.25, 0.3) is 0 Å². The zero-order chi connectivity index (χ0) is 16.4. The third-order valence-corrected chi connectivity index (χ3v) is 5.98. The van der Waals surface area contributed by atoms with E-state index in [4.69, 9.17) is 9.84 Å². The van der Waals surface area contributed by atoms with Gasteiger partial charge in [0.2, 0.25) is 5.91 Å². The molecule has 1 amide bonds. The molecule has 23 heavy (non-hydrogen) atoms. The van der Waals surface area contributed by atoms with E-state index in [2.05, 4.69) is 18.4 Å². The first-order valence-corrected chi connectivity index (χ1v) is 9.10. The second-order valence-corrected chi connectivity index (χ2v) is 7.38. The number of aliphatic carboxylic acids is 1. The van der Waals surface area contributed by atoms with Crippen LogP contribution < -0.4 is 0 Å². The van der Waals surface area contributed by atoms with Gasteiger partial charge in [-0.25, -0.2) is 0 Å². The molecule has 1 aromatic rings. The minimum atomic E-state index is -0.851. The maximum absolute atomic E-state index is 12.9. The van der Waals surface area contributed by atoms with Crippen LogP contribution in [0.15, 0.2) is 11.4 Å². The molecule has 1 saturated carbocycles. The van der Waals surface area contributed by atoms with Crippen molar-refractivity contribution in [1.82, 2.24) is 4.90 Å². The van der Waals surface area contributed by atoms with Crippen molar-refractivity contribution >= 4 is 23.2 Å². The highest BCUT2D eigenvalue weighted by molar-refractivity contribution is 7.10. The molecule has 5 nitrogen and oxygen atoms in total. The van der Waals surface area contributed by atoms with Crippen LogP contribution in [0.5, 0.6) is 0 Å². The molecule has 2 heterocycles. The molecule has 0 aromatic carbocycles. The van der Waals surface area contributed by atoms with Crippen LogP contribution in [0.3, 0.4) is 0 Å². The smallest absolute Gasteiger partial charge is 0.305 e. The molecule has 2 atom stereocenters. The summed E-state index contributed by atoms with van der Waals surface area (Å²) in [6.07, 6.45) is 2.52. The standard InChI is InChI=1S/C17H23NO4S/c1-11-5-9-23-16(11)13-10-14(13)17(21)18(6-2-15(19)20)12-3-7-22-8-4-12/h5,9,12-14H,2-4,6-8,10H2,1H3,(H,19,20)/t13-,14+/m0/s1. The van der Waals surface area contributed by atoms with Gasteiger partial charge < -0.3 is 14.7 Å². The van der Waals surface area contributed by atoms with Crippen molar-refractivity contribution in [3.8, 4) is 0 Å². The Balaban J connectivity index is 1.67. The lowest BCUT2D eigenvalue weighted by Crippen LogP contribution is -2.45. The third kappa shape index (κ3) is 3.75. The van der Waals surface area contributed by atoms with Gasteiger partial charge in [0.15, 0.2) is 0 Å². The second-order valence-electron chi connectivity index (χ2n) is 6.44. The number of carboxylic acid groups (broad SMARTS) is 1. The van der Waals surface area contributed by atoms with Gasteiger partial charge >= 0.3 is 5.97 Å². The highest BCUT2D eigenvalue weighted by Gasteiger charge is 2.48. The van der Waals surface area contributed by atoms with Crippen molar-refractivity contribution in [3.63, 3.8) is 0 Å². The average molecular weight is 337 g/mol. The van der Waals surface area contributed by atoms with Crippen molar-refractivity contribution in [3.05, 3.63) is 21.9 Å². The van der Waals surface area contributed by atoms with E-state index in [1.807, 2.05) is 4.90 Å². The SMILES string of the molecule is Cc1ccsc1[C@H]1C[C@H]1C(=O)N(CCC(=O)O)C1CCOCC1. The quantitative estimate of drug-likeness (QED) is 0.866. The van der Waals surface area contributed by atoms with Crippen molar-refractivity contribution in [1.29, 1.82) is 0 Å². The summed E-state index contributed by atoms with van der Waals surface area (Å²) in [5, 5.41) is 11.0. The Labute approximate surface area is 140 Å². The second kappa shape index (κ2) is 7.01. The number of aryl methyl sites for hydroxylation is 1. The Morgan fingerprint density at radius 3 is 2.74 bits per heavy atom. The summed E-state index contributed by atoms with van der Waals surface area (Å²) in [6.45, 7) is 3.71. The van der Waals surface area contributed by atoms with E-state index in [1.165, 1.54) is 10.4 Å². The topological polar surface area (TPSA) is 66.8 Å². The van der Waals surface area contributed by atoms with E-state index in [9.17, 15) is 9.59 Å². The largest absolute Gasteiger partial charge is 0.481 e. The van der Waals surface area contributed by atoms with E-state index in [0.717, 1.165) is 19.3 Å². The summed E-state index contributed by atoms with van der Waals surface area (Å²) in [4.78, 5) is 27.0. The van der Waals surface area contributed by atoms with Crippen LogP contribution in [0.2, 0.25) is 0 Å². The van der Waals surface area contributed by atoms with Crippen LogP contribution >= 0.6 is 11.3 Å². The maximum Gasteiger partial charge on any atom is 0.305 e. The van der Waals surface area contributed by atoms with Gasteiger partial charge in [0, 0.05) is 42.5 Å². The van der Waals surface area contributed by atoms with Gasteiger partial charge in [-0.2, -0.15) is 0 Å². The maximum atomic E-state index is 12.9. The van der Waals surface area contributed by atoms with E-state index in [1.54, 1.807) is 11.3 Å². The zero-order valence-electron chi connectivity index (χ0n) is 13.4. The van der Waals surface area contributed by atoms with Crippen LogP contribution in [-0.2, 0) is 14.3 Å². The van der Waals surface area contributed by atoms with Crippen molar-refractivity contribution in [2.24, 2.45) is 5.92 Å². The lowest BCUT2D eigenvalue weighted by molar-refractivity contribution is -0.141. The molecule has 0 spiro atoms. The highest BCUT2D eigenvalue weighted by Crippen LogP contribution is 2.51. The highest BCUT2D eigenvalue weighted by atomic mass is 32.1. The number of carbonyl (C=O) groups is 2. The number of carboxylic acids is 1. The first kappa shape index (κ1) is 16.5. The predicted octanol–water partition coefficient (Wildman–Crippen LogP) is 2.64. The number of thiophene rings is 1. The third-order valence-electron chi connectivity index (χ3n) is 4.83. The Morgan fingerprint density at radius 1 is 1.39 bits per heavy atom. The Kier molecular flexibility index (Phi) is 5.02. The fourth-order valence-corrected chi connectivity index (χ4v) is 4.53. The fourth-order valence-electron chi connectivity index (χ4n) is 3.42. The number of carbonyl (C=O) groups excluding carboxylic acids is 1. The summed E-state index contributed by atoms with van der Waals surface area (Å²) < 4.78 is 5.37. The molecular formula is C17H23NO4S. The minimum absolute atomic E-state index is 0.0124. The number of nitrogens with zero attached hydrogens (tertiary/aromatic N) is 1. The van der Waals surface area contributed by atoms with Crippen LogP contribution in [0, 0.1) is 12.8 Å². The normalized spacial score (nSPS) is 24.4. The molecule has 0 unspecified atom stereocenters. The monoisotopic (exact) mass is 337 g/mol. The summed E-state index contributed by atoms with van der Waals surface area (Å²) in [5.74, 6) is -0.356. The van der Waals surface area contributed by atoms with Gasteiger partial charge in [0.1, 0.15) is 0 Å². The van der Waals surface area contributed by atoms with Crippen molar-refractivity contribution in [2.75, 3.05) is 19.8 Å². The Morgan fingerprint density at radius 2 is 2.13 bits per heavy atom. The van der Waals surface area contributed by atoms with E-state index in [0.29, 0.717) is 25.7 Å². The summed E-state index contributed by atoms with van der Waals surface area (Å²) >= 11 is 1.72. The molecule has 126 valence electrons. The molecule has 0 bridgehead atoms. The van der Waals surface area contributed by atoms with Gasteiger partial charge in [-0.3, -0.25) is 9.59 Å². The molecular weight excluding hydrogens is 314 g/mol. The number of rotatable bonds is 6. The first-order valence-electron chi connectivity index (χ1n) is 8.22.